The minimum atomic E-state index is -4.07. The van der Waals surface area contributed by atoms with Gasteiger partial charge in [0.05, 0.1) is 30.3 Å². The van der Waals surface area contributed by atoms with Crippen LogP contribution in [0.3, 0.4) is 0 Å². The van der Waals surface area contributed by atoms with Gasteiger partial charge in [0, 0.05) is 0 Å². The Morgan fingerprint density at radius 1 is 1.00 bits per heavy atom. The van der Waals surface area contributed by atoms with Crippen LogP contribution in [0.25, 0.3) is 0 Å². The van der Waals surface area contributed by atoms with E-state index in [0.29, 0.717) is 36.0 Å². The number of carbonyl (C=O) groups excluding carboxylic acids is 1. The van der Waals surface area contributed by atoms with Crippen LogP contribution in [-0.4, -0.2) is 50.1 Å². The van der Waals surface area contributed by atoms with Crippen molar-refractivity contribution in [2.24, 2.45) is 52.3 Å². The molecule has 1 amide bonds. The molecule has 1 aromatic carbocycles. The minimum absolute atomic E-state index is 0.0203. The fourth-order valence-corrected chi connectivity index (χ4v) is 11.4. The van der Waals surface area contributed by atoms with Crippen LogP contribution < -0.4 is 9.46 Å². The molecule has 0 heterocycles. The number of sulfonamides is 1. The number of amides is 1. The molecule has 8 nitrogen and oxygen atoms in total. The molecule has 0 bridgehead atoms. The van der Waals surface area contributed by atoms with Crippen molar-refractivity contribution in [1.29, 1.82) is 0 Å². The molecule has 4 aliphatic rings. The monoisotopic (exact) mass is 633 g/mol. The second-order valence-electron chi connectivity index (χ2n) is 15.0. The SMILES string of the molecule is CCCCOc1ccc(S(=O)(=O)NC(=O)OC[C@@H](C)[C@H]2CC[C@H]3[C@@H]4[C@H](O)[C@H](CC)[C@@H]5C[C@H](O)CC[C@]5(C)[C@H]4CC[C@]23C)cc1. The number of aliphatic hydroxyl groups excluding tert-OH is 2. The van der Waals surface area contributed by atoms with E-state index in [1.807, 2.05) is 0 Å². The second kappa shape index (κ2) is 13.1. The molecule has 4 fully saturated rings. The average molecular weight is 634 g/mol. The van der Waals surface area contributed by atoms with Gasteiger partial charge in [-0.3, -0.25) is 0 Å². The number of benzene rings is 1. The van der Waals surface area contributed by atoms with Crippen LogP contribution in [0.4, 0.5) is 4.79 Å². The molecule has 1 aromatic rings. The Kier molecular flexibility index (Phi) is 9.99. The highest BCUT2D eigenvalue weighted by atomic mass is 32.2. The van der Waals surface area contributed by atoms with Gasteiger partial charge in [0.2, 0.25) is 0 Å². The van der Waals surface area contributed by atoms with Gasteiger partial charge in [-0.05, 0) is 128 Å². The van der Waals surface area contributed by atoms with Gasteiger partial charge in [-0.2, -0.15) is 0 Å². The number of ether oxygens (including phenoxy) is 2. The first kappa shape index (κ1) is 33.5. The molecule has 0 aliphatic heterocycles. The van der Waals surface area contributed by atoms with Gasteiger partial charge in [-0.1, -0.05) is 47.5 Å². The van der Waals surface area contributed by atoms with Crippen LogP contribution in [-0.2, 0) is 14.8 Å². The predicted octanol–water partition coefficient (Wildman–Crippen LogP) is 6.54. The van der Waals surface area contributed by atoms with Crippen molar-refractivity contribution in [3.05, 3.63) is 24.3 Å². The molecule has 44 heavy (non-hydrogen) atoms. The maximum absolute atomic E-state index is 12.8. The fraction of sp³-hybridized carbons (Fsp3) is 0.800. The normalized spacial score (nSPS) is 39.0. The van der Waals surface area contributed by atoms with Gasteiger partial charge in [-0.25, -0.2) is 17.9 Å². The summed E-state index contributed by atoms with van der Waals surface area (Å²) in [4.78, 5) is 12.6. The van der Waals surface area contributed by atoms with Crippen LogP contribution in [0, 0.1) is 52.3 Å². The van der Waals surface area contributed by atoms with Crippen molar-refractivity contribution in [1.82, 2.24) is 4.72 Å². The summed E-state index contributed by atoms with van der Waals surface area (Å²) in [6, 6.07) is 6.04. The van der Waals surface area contributed by atoms with Crippen LogP contribution in [0.1, 0.15) is 98.8 Å². The lowest BCUT2D eigenvalue weighted by atomic mass is 9.41. The molecular weight excluding hydrogens is 578 g/mol. The number of hydrogen-bond donors (Lipinski definition) is 3. The third-order valence-corrected chi connectivity index (χ3v) is 14.1. The largest absolute Gasteiger partial charge is 0.494 e. The molecule has 0 saturated heterocycles. The van der Waals surface area contributed by atoms with Crippen LogP contribution in [0.2, 0.25) is 0 Å². The molecule has 0 unspecified atom stereocenters. The Morgan fingerprint density at radius 2 is 1.68 bits per heavy atom. The van der Waals surface area contributed by atoms with Gasteiger partial charge in [0.15, 0.2) is 0 Å². The summed E-state index contributed by atoms with van der Waals surface area (Å²) in [5.74, 6) is 2.69. The lowest BCUT2D eigenvalue weighted by molar-refractivity contribution is -0.203. The van der Waals surface area contributed by atoms with E-state index in [-0.39, 0.29) is 52.3 Å². The van der Waals surface area contributed by atoms with Gasteiger partial charge in [-0.15, -0.1) is 0 Å². The lowest BCUT2D eigenvalue weighted by Gasteiger charge is -2.64. The van der Waals surface area contributed by atoms with Crippen LogP contribution in [0.5, 0.6) is 5.75 Å². The Hall–Kier alpha value is -1.84. The summed E-state index contributed by atoms with van der Waals surface area (Å²) in [6.45, 7) is 11.9. The van der Waals surface area contributed by atoms with E-state index < -0.39 is 16.1 Å². The van der Waals surface area contributed by atoms with Crippen LogP contribution >= 0.6 is 0 Å². The first-order valence-corrected chi connectivity index (χ1v) is 18.6. The lowest BCUT2D eigenvalue weighted by Crippen LogP contribution is -2.62. The third-order valence-electron chi connectivity index (χ3n) is 12.7. The quantitative estimate of drug-likeness (QED) is 0.250. The summed E-state index contributed by atoms with van der Waals surface area (Å²) in [7, 11) is -4.07. The average Bonchev–Trinajstić information content (AvgIpc) is 3.34. The molecule has 3 N–H and O–H groups in total. The van der Waals surface area contributed by atoms with Gasteiger partial charge in [0.1, 0.15) is 5.75 Å². The molecule has 0 radical (unpaired) electrons. The Bertz CT molecular complexity index is 1250. The number of carbonyl (C=O) groups is 1. The predicted molar refractivity (Wildman–Crippen MR) is 169 cm³/mol. The van der Waals surface area contributed by atoms with E-state index in [1.165, 1.54) is 12.1 Å². The second-order valence-corrected chi connectivity index (χ2v) is 16.7. The van der Waals surface area contributed by atoms with E-state index in [9.17, 15) is 23.4 Å². The Morgan fingerprint density at radius 3 is 2.36 bits per heavy atom. The maximum atomic E-state index is 12.8. The Balaban J connectivity index is 1.21. The van der Waals surface area contributed by atoms with Crippen molar-refractivity contribution >= 4 is 16.1 Å². The first-order valence-electron chi connectivity index (χ1n) is 17.1. The molecule has 9 heteroatoms. The maximum Gasteiger partial charge on any atom is 0.421 e. The van der Waals surface area contributed by atoms with E-state index in [1.54, 1.807) is 12.1 Å². The zero-order valence-corrected chi connectivity index (χ0v) is 28.2. The topological polar surface area (TPSA) is 122 Å². The van der Waals surface area contributed by atoms with Crippen molar-refractivity contribution < 1.29 is 32.9 Å². The molecule has 0 aromatic heterocycles. The summed E-state index contributed by atoms with van der Waals surface area (Å²) in [5.41, 5.74) is 0.189. The van der Waals surface area contributed by atoms with Gasteiger partial charge < -0.3 is 19.7 Å². The summed E-state index contributed by atoms with van der Waals surface area (Å²) < 4.78 is 38.8. The molecule has 0 spiro atoms. The number of fused-ring (bicyclic) bond motifs is 5. The standard InChI is InChI=1S/C35H55NO7S/c1-6-8-19-42-24-9-11-25(12-10-24)44(40,41)36-33(39)43-21-22(3)27-13-14-28-31-29(16-18-34(27,28)4)35(5)17-15-23(37)20-30(35)26(7-2)32(31)38/h9-12,22-23,26-32,37-38H,6-8,13-21H2,1-5H3,(H,36,39)/t22-,23-,26-,27-,28+,29+,30+,31+,32-,34-,35-/m1/s1. The molecule has 4 saturated carbocycles. The Labute approximate surface area is 264 Å². The summed E-state index contributed by atoms with van der Waals surface area (Å²) in [5, 5.41) is 22.4. The van der Waals surface area contributed by atoms with Crippen molar-refractivity contribution in [2.75, 3.05) is 13.2 Å². The molecular formula is C35H55NO7S. The number of rotatable bonds is 10. The van der Waals surface area contributed by atoms with Crippen molar-refractivity contribution in [2.45, 2.75) is 116 Å². The zero-order valence-electron chi connectivity index (χ0n) is 27.3. The summed E-state index contributed by atoms with van der Waals surface area (Å²) in [6.07, 6.45) is 8.24. The number of aliphatic hydroxyl groups is 2. The molecule has 248 valence electrons. The van der Waals surface area contributed by atoms with Crippen molar-refractivity contribution in [3.63, 3.8) is 0 Å². The van der Waals surface area contributed by atoms with E-state index in [0.717, 1.165) is 64.2 Å². The molecule has 11 atom stereocenters. The number of nitrogens with one attached hydrogen (secondary N) is 1. The smallest absolute Gasteiger partial charge is 0.421 e. The highest BCUT2D eigenvalue weighted by Crippen LogP contribution is 2.69. The molecule has 4 aliphatic carbocycles. The third kappa shape index (κ3) is 6.14. The van der Waals surface area contributed by atoms with E-state index >= 15 is 0 Å². The highest BCUT2D eigenvalue weighted by Gasteiger charge is 2.64. The minimum Gasteiger partial charge on any atom is -0.494 e. The van der Waals surface area contributed by atoms with E-state index in [4.69, 9.17) is 9.47 Å². The van der Waals surface area contributed by atoms with Crippen molar-refractivity contribution in [3.8, 4) is 5.75 Å². The fourth-order valence-electron chi connectivity index (χ4n) is 10.5. The first-order chi connectivity index (χ1) is 20.9. The van der Waals surface area contributed by atoms with Gasteiger partial charge >= 0.3 is 6.09 Å². The number of unbranched alkanes of at least 4 members (excludes halogenated alkanes) is 1. The molecule has 5 rings (SSSR count). The highest BCUT2D eigenvalue weighted by molar-refractivity contribution is 7.90. The van der Waals surface area contributed by atoms with E-state index in [2.05, 4.69) is 39.3 Å². The van der Waals surface area contributed by atoms with Gasteiger partial charge in [0.25, 0.3) is 10.0 Å². The van der Waals surface area contributed by atoms with Crippen LogP contribution in [0.15, 0.2) is 29.2 Å². The zero-order chi connectivity index (χ0) is 31.9. The number of hydrogen-bond acceptors (Lipinski definition) is 7. The summed E-state index contributed by atoms with van der Waals surface area (Å²) >= 11 is 0.